The highest BCUT2D eigenvalue weighted by atomic mass is 16.5. The van der Waals surface area contributed by atoms with Crippen LogP contribution in [0.4, 0.5) is 5.95 Å². The van der Waals surface area contributed by atoms with E-state index >= 15 is 0 Å². The van der Waals surface area contributed by atoms with E-state index in [9.17, 15) is 0 Å². The van der Waals surface area contributed by atoms with Crippen LogP contribution >= 0.6 is 0 Å². The molecule has 33 heavy (non-hydrogen) atoms. The van der Waals surface area contributed by atoms with Crippen LogP contribution in [0.25, 0.3) is 11.1 Å². The highest BCUT2D eigenvalue weighted by Gasteiger charge is 2.25. The molecular weight excluding hydrogens is 414 g/mol. The maximum Gasteiger partial charge on any atom is 0.223 e. The van der Waals surface area contributed by atoms with Crippen molar-refractivity contribution >= 4 is 5.95 Å². The molecule has 3 heterocycles. The fraction of sp³-hybridized carbons (Fsp3) is 0.423. The van der Waals surface area contributed by atoms with Gasteiger partial charge in [-0.3, -0.25) is 9.88 Å². The van der Waals surface area contributed by atoms with Crippen LogP contribution in [-0.2, 0) is 6.54 Å². The average Bonchev–Trinajstić information content (AvgIpc) is 2.84. The summed E-state index contributed by atoms with van der Waals surface area (Å²) in [6.07, 6.45) is 7.73. The molecule has 0 bridgehead atoms. The monoisotopic (exact) mass is 447 g/mol. The molecule has 2 aromatic heterocycles. The number of methoxy groups -OCH3 is 2. The first-order chi connectivity index (χ1) is 16.1. The van der Waals surface area contributed by atoms with Crippen LogP contribution in [0.15, 0.2) is 48.9 Å². The maximum absolute atomic E-state index is 5.43. The van der Waals surface area contributed by atoms with Gasteiger partial charge in [0.05, 0.1) is 19.9 Å². The lowest BCUT2D eigenvalue weighted by Crippen LogP contribution is -2.33. The van der Waals surface area contributed by atoms with Gasteiger partial charge in [0.2, 0.25) is 5.95 Å². The van der Waals surface area contributed by atoms with Crippen molar-refractivity contribution in [2.45, 2.75) is 45.2 Å². The molecule has 174 valence electrons. The second-order valence-corrected chi connectivity index (χ2v) is 8.80. The van der Waals surface area contributed by atoms with Gasteiger partial charge in [-0.15, -0.1) is 0 Å². The fourth-order valence-corrected chi connectivity index (χ4v) is 4.36. The molecule has 0 aliphatic carbocycles. The first kappa shape index (κ1) is 23.0. The molecule has 0 atom stereocenters. The van der Waals surface area contributed by atoms with Crippen molar-refractivity contribution in [1.82, 2.24) is 19.9 Å². The molecule has 0 saturated carbocycles. The zero-order valence-electron chi connectivity index (χ0n) is 19.9. The van der Waals surface area contributed by atoms with Crippen LogP contribution < -0.4 is 14.8 Å². The molecule has 7 heteroatoms. The largest absolute Gasteiger partial charge is 0.497 e. The summed E-state index contributed by atoms with van der Waals surface area (Å²) in [5.74, 6) is 2.73. The quantitative estimate of drug-likeness (QED) is 0.534. The average molecular weight is 448 g/mol. The number of nitrogens with zero attached hydrogens (tertiary/aromatic N) is 4. The number of pyridine rings is 1. The number of likely N-dealkylation sites (tertiary alicyclic amines) is 1. The zero-order valence-corrected chi connectivity index (χ0v) is 19.9. The Bertz CT molecular complexity index is 1030. The van der Waals surface area contributed by atoms with E-state index in [4.69, 9.17) is 14.5 Å². The fourth-order valence-electron chi connectivity index (χ4n) is 4.36. The molecule has 4 rings (SSSR count). The molecule has 0 radical (unpaired) electrons. The first-order valence-corrected chi connectivity index (χ1v) is 11.5. The van der Waals surface area contributed by atoms with Gasteiger partial charge in [-0.05, 0) is 63.5 Å². The van der Waals surface area contributed by atoms with Crippen LogP contribution in [0.1, 0.15) is 43.9 Å². The van der Waals surface area contributed by atoms with Crippen LogP contribution in [0.3, 0.4) is 0 Å². The lowest BCUT2D eigenvalue weighted by Gasteiger charge is -2.32. The second kappa shape index (κ2) is 10.6. The zero-order chi connectivity index (χ0) is 23.2. The van der Waals surface area contributed by atoms with E-state index in [1.54, 1.807) is 20.4 Å². The summed E-state index contributed by atoms with van der Waals surface area (Å²) in [5, 5.41) is 3.35. The molecule has 1 saturated heterocycles. The van der Waals surface area contributed by atoms with E-state index in [1.165, 1.54) is 5.56 Å². The van der Waals surface area contributed by atoms with E-state index in [-0.39, 0.29) is 6.04 Å². The van der Waals surface area contributed by atoms with Crippen molar-refractivity contribution < 1.29 is 9.47 Å². The topological polar surface area (TPSA) is 72.4 Å². The van der Waals surface area contributed by atoms with Crippen LogP contribution in [0, 0.1) is 0 Å². The summed E-state index contributed by atoms with van der Waals surface area (Å²) in [6.45, 7) is 7.09. The number of hydrogen-bond donors (Lipinski definition) is 1. The Labute approximate surface area is 196 Å². The van der Waals surface area contributed by atoms with Gasteiger partial charge < -0.3 is 14.8 Å². The summed E-state index contributed by atoms with van der Waals surface area (Å²) in [5.41, 5.74) is 4.46. The van der Waals surface area contributed by atoms with E-state index < -0.39 is 0 Å². The van der Waals surface area contributed by atoms with Gasteiger partial charge in [-0.25, -0.2) is 9.97 Å². The SMILES string of the molecule is COc1cc(CN2CCC(c3nc(NC(C)C)ncc3-c3cccnc3)CC2)cc(OC)c1. The number of ether oxygens (including phenoxy) is 2. The third kappa shape index (κ3) is 5.79. The minimum Gasteiger partial charge on any atom is -0.497 e. The minimum atomic E-state index is 0.281. The summed E-state index contributed by atoms with van der Waals surface area (Å²) < 4.78 is 10.9. The highest BCUT2D eigenvalue weighted by molar-refractivity contribution is 5.65. The standard InChI is InChI=1S/C26H33N5O2/c1-18(2)29-26-28-16-24(21-6-5-9-27-15-21)25(30-26)20-7-10-31(11-8-20)17-19-12-22(32-3)14-23(13-19)33-4/h5-6,9,12-16,18,20H,7-8,10-11,17H2,1-4H3,(H,28,29,30). The van der Waals surface area contributed by atoms with Gasteiger partial charge in [0, 0.05) is 54.3 Å². The molecule has 7 nitrogen and oxygen atoms in total. The predicted molar refractivity (Wildman–Crippen MR) is 131 cm³/mol. The number of aromatic nitrogens is 3. The van der Waals surface area contributed by atoms with Crippen LogP contribution in [-0.4, -0.2) is 53.2 Å². The van der Waals surface area contributed by atoms with Crippen molar-refractivity contribution in [2.24, 2.45) is 0 Å². The number of nitrogens with one attached hydrogen (secondary N) is 1. The van der Waals surface area contributed by atoms with E-state index in [0.29, 0.717) is 11.9 Å². The molecule has 1 fully saturated rings. The number of piperidine rings is 1. The maximum atomic E-state index is 5.43. The van der Waals surface area contributed by atoms with Crippen molar-refractivity contribution in [1.29, 1.82) is 0 Å². The van der Waals surface area contributed by atoms with Crippen molar-refractivity contribution in [3.8, 4) is 22.6 Å². The van der Waals surface area contributed by atoms with Crippen molar-refractivity contribution in [3.63, 3.8) is 0 Å². The molecule has 1 aliphatic rings. The third-order valence-electron chi connectivity index (χ3n) is 6.00. The van der Waals surface area contributed by atoms with Gasteiger partial charge in [0.1, 0.15) is 11.5 Å². The number of benzene rings is 1. The predicted octanol–water partition coefficient (Wildman–Crippen LogP) is 4.76. The number of anilines is 1. The Morgan fingerprint density at radius 3 is 2.39 bits per heavy atom. The molecule has 1 aromatic carbocycles. The molecule has 0 amide bonds. The van der Waals surface area contributed by atoms with Crippen LogP contribution in [0.5, 0.6) is 11.5 Å². The summed E-state index contributed by atoms with van der Waals surface area (Å²) in [4.78, 5) is 16.3. The summed E-state index contributed by atoms with van der Waals surface area (Å²) in [6, 6.07) is 10.4. The molecule has 1 N–H and O–H groups in total. The van der Waals surface area contributed by atoms with E-state index in [2.05, 4.69) is 52.2 Å². The minimum absolute atomic E-state index is 0.281. The van der Waals surface area contributed by atoms with Gasteiger partial charge >= 0.3 is 0 Å². The van der Waals surface area contributed by atoms with Gasteiger partial charge in [-0.1, -0.05) is 6.07 Å². The lowest BCUT2D eigenvalue weighted by molar-refractivity contribution is 0.203. The summed E-state index contributed by atoms with van der Waals surface area (Å²) >= 11 is 0. The Kier molecular flexibility index (Phi) is 7.40. The number of rotatable bonds is 8. The third-order valence-corrected chi connectivity index (χ3v) is 6.00. The summed E-state index contributed by atoms with van der Waals surface area (Å²) in [7, 11) is 3.38. The Morgan fingerprint density at radius 1 is 1.06 bits per heavy atom. The van der Waals surface area contributed by atoms with Crippen LogP contribution in [0.2, 0.25) is 0 Å². The second-order valence-electron chi connectivity index (χ2n) is 8.80. The molecule has 1 aliphatic heterocycles. The van der Waals surface area contributed by atoms with E-state index in [0.717, 1.165) is 60.8 Å². The van der Waals surface area contributed by atoms with E-state index in [1.807, 2.05) is 24.5 Å². The number of hydrogen-bond acceptors (Lipinski definition) is 7. The van der Waals surface area contributed by atoms with Gasteiger partial charge in [0.25, 0.3) is 0 Å². The first-order valence-electron chi connectivity index (χ1n) is 11.5. The lowest BCUT2D eigenvalue weighted by atomic mass is 9.89. The highest BCUT2D eigenvalue weighted by Crippen LogP contribution is 2.35. The Hall–Kier alpha value is -3.19. The Balaban J connectivity index is 1.51. The molecule has 0 unspecified atom stereocenters. The van der Waals surface area contributed by atoms with Gasteiger partial charge in [-0.2, -0.15) is 0 Å². The van der Waals surface area contributed by atoms with Crippen molar-refractivity contribution in [2.75, 3.05) is 32.6 Å². The smallest absolute Gasteiger partial charge is 0.223 e. The normalized spacial score (nSPS) is 14.9. The molecular formula is C26H33N5O2. The van der Waals surface area contributed by atoms with Crippen molar-refractivity contribution in [3.05, 3.63) is 60.2 Å². The molecule has 0 spiro atoms. The Morgan fingerprint density at radius 2 is 1.79 bits per heavy atom. The molecule has 3 aromatic rings. The van der Waals surface area contributed by atoms with Gasteiger partial charge in [0.15, 0.2) is 0 Å².